The van der Waals surface area contributed by atoms with Crippen LogP contribution in [-0.4, -0.2) is 18.9 Å². The Morgan fingerprint density at radius 2 is 1.97 bits per heavy atom. The van der Waals surface area contributed by atoms with Gasteiger partial charge in [0.15, 0.2) is 0 Å². The van der Waals surface area contributed by atoms with E-state index in [1.807, 2.05) is 66.9 Å². The summed E-state index contributed by atoms with van der Waals surface area (Å²) in [7, 11) is 1.75. The van der Waals surface area contributed by atoms with Gasteiger partial charge in [-0.25, -0.2) is 0 Å². The molecule has 3 aromatic rings. The molecule has 4 rings (SSSR count). The van der Waals surface area contributed by atoms with E-state index < -0.39 is 0 Å². The molecule has 1 aliphatic rings. The summed E-state index contributed by atoms with van der Waals surface area (Å²) in [6.45, 7) is 2.53. The smallest absolute Gasteiger partial charge is 0.264 e. The summed E-state index contributed by atoms with van der Waals surface area (Å²) in [6.07, 6.45) is 1.93. The van der Waals surface area contributed by atoms with E-state index in [1.165, 1.54) is 11.8 Å². The number of rotatable bonds is 4. The number of thioether (sulfide) groups is 1. The van der Waals surface area contributed by atoms with Crippen molar-refractivity contribution in [2.45, 2.75) is 18.4 Å². The summed E-state index contributed by atoms with van der Waals surface area (Å²) in [5.74, 6) is -0.213. The van der Waals surface area contributed by atoms with E-state index in [0.29, 0.717) is 17.0 Å². The van der Waals surface area contributed by atoms with E-state index in [0.717, 1.165) is 26.6 Å². The summed E-state index contributed by atoms with van der Waals surface area (Å²) in [5, 5.41) is 4.92. The molecule has 1 aliphatic heterocycles. The highest BCUT2D eigenvalue weighted by molar-refractivity contribution is 8.04. The number of likely N-dealkylation sites (N-methyl/N-ethyl adjacent to an activating group) is 1. The van der Waals surface area contributed by atoms with Gasteiger partial charge in [0, 0.05) is 22.4 Å². The normalized spacial score (nSPS) is 14.8. The fourth-order valence-electron chi connectivity index (χ4n) is 3.11. The molecule has 0 saturated heterocycles. The maximum absolute atomic E-state index is 12.9. The van der Waals surface area contributed by atoms with E-state index in [1.54, 1.807) is 29.4 Å². The molecule has 6 heteroatoms. The van der Waals surface area contributed by atoms with Crippen molar-refractivity contribution in [1.82, 2.24) is 5.32 Å². The molecule has 0 aliphatic carbocycles. The van der Waals surface area contributed by atoms with E-state index in [4.69, 9.17) is 0 Å². The first-order valence-electron chi connectivity index (χ1n) is 9.21. The van der Waals surface area contributed by atoms with Crippen LogP contribution < -0.4 is 10.2 Å². The van der Waals surface area contributed by atoms with Crippen molar-refractivity contribution < 1.29 is 9.59 Å². The molecular formula is C23H20N2O2S2. The standard InChI is InChI=1S/C23H20N2O2S2/c1-15-6-3-4-7-16(15)13-21-23(27)25(2)19-12-17(9-10-20(19)29-21)22(26)24-14-18-8-5-11-28-18/h3-13H,14H2,1-2H3,(H,24,26). The van der Waals surface area contributed by atoms with Crippen LogP contribution in [0.5, 0.6) is 0 Å². The lowest BCUT2D eigenvalue weighted by molar-refractivity contribution is -0.114. The minimum atomic E-state index is -0.145. The van der Waals surface area contributed by atoms with Crippen LogP contribution in [0, 0.1) is 6.92 Å². The molecule has 2 amide bonds. The summed E-state index contributed by atoms with van der Waals surface area (Å²) in [5.41, 5.74) is 3.46. The number of anilines is 1. The average molecular weight is 421 g/mol. The Morgan fingerprint density at radius 1 is 1.14 bits per heavy atom. The van der Waals surface area contributed by atoms with Crippen LogP contribution in [0.25, 0.3) is 6.08 Å². The van der Waals surface area contributed by atoms with E-state index in [9.17, 15) is 9.59 Å². The number of nitrogens with zero attached hydrogens (tertiary/aromatic N) is 1. The fourth-order valence-corrected chi connectivity index (χ4v) is 4.84. The number of fused-ring (bicyclic) bond motifs is 1. The van der Waals surface area contributed by atoms with Crippen molar-refractivity contribution in [3.63, 3.8) is 0 Å². The first-order valence-corrected chi connectivity index (χ1v) is 10.9. The lowest BCUT2D eigenvalue weighted by atomic mass is 10.1. The van der Waals surface area contributed by atoms with Gasteiger partial charge in [-0.15, -0.1) is 11.3 Å². The van der Waals surface area contributed by atoms with Gasteiger partial charge in [-0.1, -0.05) is 42.1 Å². The predicted octanol–water partition coefficient (Wildman–Crippen LogP) is 5.10. The van der Waals surface area contributed by atoms with Crippen LogP contribution in [0.15, 0.2) is 69.8 Å². The number of amides is 2. The van der Waals surface area contributed by atoms with Crippen LogP contribution in [0.1, 0.15) is 26.4 Å². The van der Waals surface area contributed by atoms with Gasteiger partial charge in [-0.05, 0) is 53.8 Å². The maximum Gasteiger partial charge on any atom is 0.264 e. The van der Waals surface area contributed by atoms with Crippen LogP contribution in [0.4, 0.5) is 5.69 Å². The molecule has 4 nitrogen and oxygen atoms in total. The molecule has 0 unspecified atom stereocenters. The second-order valence-electron chi connectivity index (χ2n) is 6.78. The molecule has 0 spiro atoms. The van der Waals surface area contributed by atoms with Crippen molar-refractivity contribution in [1.29, 1.82) is 0 Å². The maximum atomic E-state index is 12.9. The van der Waals surface area contributed by atoms with E-state index in [2.05, 4.69) is 5.32 Å². The highest BCUT2D eigenvalue weighted by atomic mass is 32.2. The topological polar surface area (TPSA) is 49.4 Å². The van der Waals surface area contributed by atoms with E-state index in [-0.39, 0.29) is 11.8 Å². The Bertz CT molecular complexity index is 1100. The second-order valence-corrected chi connectivity index (χ2v) is 8.89. The lowest BCUT2D eigenvalue weighted by Crippen LogP contribution is -2.31. The fraction of sp³-hybridized carbons (Fsp3) is 0.130. The number of carbonyl (C=O) groups is 2. The van der Waals surface area contributed by atoms with Gasteiger partial charge in [0.25, 0.3) is 11.8 Å². The molecule has 0 bridgehead atoms. The van der Waals surface area contributed by atoms with Gasteiger partial charge in [0.2, 0.25) is 0 Å². The van der Waals surface area contributed by atoms with Crippen molar-refractivity contribution in [3.8, 4) is 0 Å². The highest BCUT2D eigenvalue weighted by Gasteiger charge is 2.27. The van der Waals surface area contributed by atoms with Crippen molar-refractivity contribution >= 4 is 46.7 Å². The number of hydrogen-bond acceptors (Lipinski definition) is 4. The number of benzene rings is 2. The molecular weight excluding hydrogens is 400 g/mol. The van der Waals surface area contributed by atoms with Crippen molar-refractivity contribution in [2.24, 2.45) is 0 Å². The molecule has 2 heterocycles. The molecule has 1 N–H and O–H groups in total. The molecule has 0 fully saturated rings. The lowest BCUT2D eigenvalue weighted by Gasteiger charge is -2.27. The molecule has 1 aromatic heterocycles. The zero-order valence-corrected chi connectivity index (χ0v) is 17.8. The van der Waals surface area contributed by atoms with Gasteiger partial charge in [0.1, 0.15) is 0 Å². The summed E-state index contributed by atoms with van der Waals surface area (Å²) < 4.78 is 0. The predicted molar refractivity (Wildman–Crippen MR) is 120 cm³/mol. The van der Waals surface area contributed by atoms with Crippen LogP contribution in [0.3, 0.4) is 0 Å². The summed E-state index contributed by atoms with van der Waals surface area (Å²) >= 11 is 3.05. The molecule has 0 radical (unpaired) electrons. The Labute approximate surface area is 178 Å². The third-order valence-electron chi connectivity index (χ3n) is 4.80. The molecule has 29 heavy (non-hydrogen) atoms. The van der Waals surface area contributed by atoms with Crippen LogP contribution >= 0.6 is 23.1 Å². The van der Waals surface area contributed by atoms with Gasteiger partial charge >= 0.3 is 0 Å². The van der Waals surface area contributed by atoms with Crippen molar-refractivity contribution in [2.75, 3.05) is 11.9 Å². The SMILES string of the molecule is Cc1ccccc1C=C1Sc2ccc(C(=O)NCc3cccs3)cc2N(C)C1=O. The zero-order chi connectivity index (χ0) is 20.4. The molecule has 0 atom stereocenters. The number of hydrogen-bond donors (Lipinski definition) is 1. The zero-order valence-electron chi connectivity index (χ0n) is 16.1. The van der Waals surface area contributed by atoms with Gasteiger partial charge < -0.3 is 10.2 Å². The Balaban J connectivity index is 1.57. The van der Waals surface area contributed by atoms with Gasteiger partial charge in [-0.2, -0.15) is 0 Å². The minimum absolute atomic E-state index is 0.0677. The number of thiophene rings is 1. The summed E-state index contributed by atoms with van der Waals surface area (Å²) in [6, 6.07) is 17.5. The molecule has 146 valence electrons. The monoisotopic (exact) mass is 420 g/mol. The van der Waals surface area contributed by atoms with Gasteiger partial charge in [0.05, 0.1) is 17.1 Å². The Kier molecular flexibility index (Phi) is 5.56. The third-order valence-corrected chi connectivity index (χ3v) is 6.75. The average Bonchev–Trinajstić information content (AvgIpc) is 3.25. The largest absolute Gasteiger partial charge is 0.347 e. The minimum Gasteiger partial charge on any atom is -0.347 e. The Hall–Kier alpha value is -2.83. The van der Waals surface area contributed by atoms with Gasteiger partial charge in [-0.3, -0.25) is 9.59 Å². The molecule has 0 saturated carbocycles. The second kappa shape index (κ2) is 8.27. The molecule has 2 aromatic carbocycles. The number of carbonyl (C=O) groups excluding carboxylic acids is 2. The third kappa shape index (κ3) is 4.13. The van der Waals surface area contributed by atoms with Crippen LogP contribution in [-0.2, 0) is 11.3 Å². The first kappa shape index (κ1) is 19.5. The summed E-state index contributed by atoms with van der Waals surface area (Å²) in [4.78, 5) is 29.8. The first-order chi connectivity index (χ1) is 14.0. The highest BCUT2D eigenvalue weighted by Crippen LogP contribution is 2.42. The number of aryl methyl sites for hydroxylation is 1. The quantitative estimate of drug-likeness (QED) is 0.598. The van der Waals surface area contributed by atoms with Crippen LogP contribution in [0.2, 0.25) is 0 Å². The van der Waals surface area contributed by atoms with E-state index >= 15 is 0 Å². The van der Waals surface area contributed by atoms with Crippen molar-refractivity contribution in [3.05, 3.63) is 86.5 Å². The Morgan fingerprint density at radius 3 is 2.72 bits per heavy atom. The number of nitrogens with one attached hydrogen (secondary N) is 1.